The maximum Gasteiger partial charge on any atom is 0.268 e. The molecule has 33 heavy (non-hydrogen) atoms. The predicted octanol–water partition coefficient (Wildman–Crippen LogP) is 5.77. The van der Waals surface area contributed by atoms with Gasteiger partial charge in [0, 0.05) is 13.2 Å². The highest BCUT2D eigenvalue weighted by Gasteiger charge is 2.34. The zero-order valence-electron chi connectivity index (χ0n) is 17.0. The van der Waals surface area contributed by atoms with Crippen LogP contribution in [0.5, 0.6) is 11.5 Å². The van der Waals surface area contributed by atoms with E-state index in [0.717, 1.165) is 13.2 Å². The highest BCUT2D eigenvalue weighted by atomic mass is 32.2. The molecule has 1 N–H and O–H groups in total. The summed E-state index contributed by atoms with van der Waals surface area (Å²) in [7, 11) is -5.18. The molecule has 0 aromatic heterocycles. The van der Waals surface area contributed by atoms with Crippen molar-refractivity contribution in [1.82, 2.24) is 0 Å². The van der Waals surface area contributed by atoms with Crippen LogP contribution < -0.4 is 9.46 Å². The molecule has 0 spiro atoms. The van der Waals surface area contributed by atoms with Gasteiger partial charge in [-0.2, -0.15) is 0 Å². The fraction of sp³-hybridized carbons (Fsp3) is 0.182. The summed E-state index contributed by atoms with van der Waals surface area (Å²) in [6, 6.07) is 13.6. The number of halogens is 5. The van der Waals surface area contributed by atoms with Crippen LogP contribution in [0.25, 0.3) is 0 Å². The number of sulfonamides is 1. The Bertz CT molecular complexity index is 1180. The molecule has 0 unspecified atom stereocenters. The summed E-state index contributed by atoms with van der Waals surface area (Å²) in [5.74, 6) is -11.9. The lowest BCUT2D eigenvalue weighted by atomic mass is 10.3. The minimum absolute atomic E-state index is 0.0545. The summed E-state index contributed by atoms with van der Waals surface area (Å²) >= 11 is 0. The summed E-state index contributed by atoms with van der Waals surface area (Å²) in [5, 5.41) is 0. The quantitative estimate of drug-likeness (QED) is 0.282. The van der Waals surface area contributed by atoms with Crippen LogP contribution in [0.4, 0.5) is 27.6 Å². The van der Waals surface area contributed by atoms with Crippen molar-refractivity contribution in [3.05, 3.63) is 83.7 Å². The molecule has 0 atom stereocenters. The molecule has 5 nitrogen and oxygen atoms in total. The van der Waals surface area contributed by atoms with Crippen LogP contribution >= 0.6 is 0 Å². The van der Waals surface area contributed by atoms with Crippen molar-refractivity contribution in [3.63, 3.8) is 0 Å². The molecular formula is C22H18F5NO4S. The SMILES string of the molecule is C1CCOC1.O=S(=O)(Nc1ccccc1Oc1ccccc1)c1c(F)c(F)c(F)c(F)c1F. The van der Waals surface area contributed by atoms with Gasteiger partial charge in [0.2, 0.25) is 5.82 Å². The summed E-state index contributed by atoms with van der Waals surface area (Å²) in [5.41, 5.74) is -0.268. The number of ether oxygens (including phenoxy) is 2. The highest BCUT2D eigenvalue weighted by Crippen LogP contribution is 2.33. The van der Waals surface area contributed by atoms with Gasteiger partial charge in [0.15, 0.2) is 33.9 Å². The molecule has 0 radical (unpaired) electrons. The average Bonchev–Trinajstić information content (AvgIpc) is 3.38. The molecule has 1 aliphatic rings. The Labute approximate surface area is 186 Å². The summed E-state index contributed by atoms with van der Waals surface area (Å²) < 4.78 is 105. The lowest BCUT2D eigenvalue weighted by Gasteiger charge is -2.14. The first-order valence-electron chi connectivity index (χ1n) is 9.66. The van der Waals surface area contributed by atoms with Crippen molar-refractivity contribution in [2.24, 2.45) is 0 Å². The van der Waals surface area contributed by atoms with Gasteiger partial charge in [-0.3, -0.25) is 4.72 Å². The predicted molar refractivity (Wildman–Crippen MR) is 110 cm³/mol. The molecule has 1 aliphatic heterocycles. The van der Waals surface area contributed by atoms with Crippen LogP contribution in [-0.4, -0.2) is 21.6 Å². The molecule has 11 heteroatoms. The van der Waals surface area contributed by atoms with Crippen LogP contribution in [-0.2, 0) is 14.8 Å². The Morgan fingerprint density at radius 2 is 1.24 bits per heavy atom. The van der Waals surface area contributed by atoms with Crippen LogP contribution in [0, 0.1) is 29.1 Å². The first-order chi connectivity index (χ1) is 15.7. The lowest BCUT2D eigenvalue weighted by Crippen LogP contribution is -2.19. The van der Waals surface area contributed by atoms with E-state index in [1.54, 1.807) is 35.1 Å². The molecule has 1 heterocycles. The van der Waals surface area contributed by atoms with Crippen LogP contribution in [0.2, 0.25) is 0 Å². The number of rotatable bonds is 5. The number of hydrogen-bond donors (Lipinski definition) is 1. The van der Waals surface area contributed by atoms with E-state index in [4.69, 9.17) is 9.47 Å². The van der Waals surface area contributed by atoms with Gasteiger partial charge in [0.05, 0.1) is 5.69 Å². The monoisotopic (exact) mass is 487 g/mol. The Morgan fingerprint density at radius 3 is 1.79 bits per heavy atom. The molecule has 0 saturated carbocycles. The molecule has 4 rings (SSSR count). The van der Waals surface area contributed by atoms with Crippen molar-refractivity contribution in [2.75, 3.05) is 17.9 Å². The number of benzene rings is 3. The summed E-state index contributed by atoms with van der Waals surface area (Å²) in [6.45, 7) is 2.00. The van der Waals surface area contributed by atoms with Gasteiger partial charge in [-0.05, 0) is 37.1 Å². The third-order valence-corrected chi connectivity index (χ3v) is 5.75. The normalized spacial score (nSPS) is 13.2. The second-order valence-electron chi connectivity index (χ2n) is 6.74. The maximum absolute atomic E-state index is 13.9. The maximum atomic E-state index is 13.9. The Kier molecular flexibility index (Phi) is 7.88. The van der Waals surface area contributed by atoms with E-state index in [2.05, 4.69) is 0 Å². The number of para-hydroxylation sites is 3. The van der Waals surface area contributed by atoms with Gasteiger partial charge in [-0.15, -0.1) is 0 Å². The van der Waals surface area contributed by atoms with Gasteiger partial charge >= 0.3 is 0 Å². The van der Waals surface area contributed by atoms with Crippen molar-refractivity contribution >= 4 is 15.7 Å². The molecule has 0 bridgehead atoms. The number of hydrogen-bond acceptors (Lipinski definition) is 4. The Balaban J connectivity index is 0.000000541. The molecule has 0 aliphatic carbocycles. The van der Waals surface area contributed by atoms with E-state index in [1.807, 2.05) is 0 Å². The van der Waals surface area contributed by atoms with Gasteiger partial charge in [0.25, 0.3) is 10.0 Å². The standard InChI is InChI=1S/C18H10F5NO3S.C4H8O/c19-13-14(20)16(22)18(17(23)15(13)21)28(25,26)24-11-8-4-5-9-12(11)27-10-6-2-1-3-7-10;1-2-4-5-3-1/h1-9,24H;1-4H2. The van der Waals surface area contributed by atoms with Crippen molar-refractivity contribution in [1.29, 1.82) is 0 Å². The van der Waals surface area contributed by atoms with E-state index >= 15 is 0 Å². The zero-order valence-corrected chi connectivity index (χ0v) is 17.8. The summed E-state index contributed by atoms with van der Waals surface area (Å²) in [4.78, 5) is -1.99. The van der Waals surface area contributed by atoms with Crippen LogP contribution in [0.15, 0.2) is 59.5 Å². The first-order valence-corrected chi connectivity index (χ1v) is 11.1. The molecule has 1 saturated heterocycles. The van der Waals surface area contributed by atoms with Crippen molar-refractivity contribution in [3.8, 4) is 11.5 Å². The number of nitrogens with one attached hydrogen (secondary N) is 1. The molecule has 3 aromatic rings. The number of anilines is 1. The molecule has 0 amide bonds. The van der Waals surface area contributed by atoms with Gasteiger partial charge < -0.3 is 9.47 Å². The molecule has 3 aromatic carbocycles. The highest BCUT2D eigenvalue weighted by molar-refractivity contribution is 7.92. The van der Waals surface area contributed by atoms with Gasteiger partial charge in [0.1, 0.15) is 5.75 Å². The van der Waals surface area contributed by atoms with E-state index in [9.17, 15) is 30.4 Å². The fourth-order valence-electron chi connectivity index (χ4n) is 2.78. The van der Waals surface area contributed by atoms with E-state index in [1.165, 1.54) is 37.1 Å². The lowest BCUT2D eigenvalue weighted by molar-refractivity contribution is 0.198. The third-order valence-electron chi connectivity index (χ3n) is 4.37. The topological polar surface area (TPSA) is 64.6 Å². The van der Waals surface area contributed by atoms with Crippen LogP contribution in [0.1, 0.15) is 12.8 Å². The fourth-order valence-corrected chi connectivity index (χ4v) is 3.99. The smallest absolute Gasteiger partial charge is 0.268 e. The van der Waals surface area contributed by atoms with Gasteiger partial charge in [-0.25, -0.2) is 30.4 Å². The van der Waals surface area contributed by atoms with Crippen molar-refractivity contribution < 1.29 is 39.8 Å². The summed E-state index contributed by atoms with van der Waals surface area (Å²) in [6.07, 6.45) is 2.56. The first kappa shape index (κ1) is 24.5. The second-order valence-corrected chi connectivity index (χ2v) is 8.35. The second kappa shape index (κ2) is 10.6. The van der Waals surface area contributed by atoms with Gasteiger partial charge in [-0.1, -0.05) is 30.3 Å². The molecule has 1 fully saturated rings. The van der Waals surface area contributed by atoms with E-state index in [-0.39, 0.29) is 11.4 Å². The van der Waals surface area contributed by atoms with E-state index in [0.29, 0.717) is 5.75 Å². The molecule has 176 valence electrons. The third kappa shape index (κ3) is 5.79. The average molecular weight is 487 g/mol. The Hall–Kier alpha value is -3.18. The van der Waals surface area contributed by atoms with Crippen LogP contribution in [0.3, 0.4) is 0 Å². The largest absolute Gasteiger partial charge is 0.455 e. The van der Waals surface area contributed by atoms with E-state index < -0.39 is 44.0 Å². The minimum atomic E-state index is -5.18. The zero-order chi connectivity index (χ0) is 24.0. The minimum Gasteiger partial charge on any atom is -0.455 e. The molecular weight excluding hydrogens is 469 g/mol. The Morgan fingerprint density at radius 1 is 0.727 bits per heavy atom. The van der Waals surface area contributed by atoms with Crippen molar-refractivity contribution in [2.45, 2.75) is 17.7 Å².